The Hall–Kier alpha value is -4.53. The van der Waals surface area contributed by atoms with Gasteiger partial charge in [0.05, 0.1) is 40.8 Å². The Bertz CT molecular complexity index is 2510. The second kappa shape index (κ2) is 12.5. The summed E-state index contributed by atoms with van der Waals surface area (Å²) in [6.07, 6.45) is 2.47. The predicted octanol–water partition coefficient (Wildman–Crippen LogP) is 8.02. The van der Waals surface area contributed by atoms with Crippen LogP contribution >= 0.6 is 45.5 Å². The van der Waals surface area contributed by atoms with Crippen LogP contribution < -0.4 is 14.5 Å². The van der Waals surface area contributed by atoms with Crippen LogP contribution in [0.15, 0.2) is 78.4 Å². The number of aryl methyl sites for hydroxylation is 2. The summed E-state index contributed by atoms with van der Waals surface area (Å²) >= 11 is 10.1. The third kappa shape index (κ3) is 4.91. The number of amides is 4. The number of phenols is 1. The summed E-state index contributed by atoms with van der Waals surface area (Å²) in [6.45, 7) is 3.80. The fourth-order valence-corrected chi connectivity index (χ4v) is 11.2. The van der Waals surface area contributed by atoms with Gasteiger partial charge in [0, 0.05) is 44.0 Å². The monoisotopic (exact) mass is 872 g/mol. The van der Waals surface area contributed by atoms with Crippen molar-refractivity contribution in [3.05, 3.63) is 98.1 Å². The quantitative estimate of drug-likeness (QED) is 0.108. The molecule has 9 rings (SSSR count). The van der Waals surface area contributed by atoms with Gasteiger partial charge >= 0.3 is 0 Å². The van der Waals surface area contributed by atoms with Gasteiger partial charge in [0.15, 0.2) is 0 Å². The topological polar surface area (TPSA) is 122 Å². The van der Waals surface area contributed by atoms with Gasteiger partial charge in [0.2, 0.25) is 23.6 Å². The molecule has 0 radical (unpaired) electrons. The Balaban J connectivity index is 1.16. The van der Waals surface area contributed by atoms with E-state index in [1.165, 1.54) is 23.0 Å². The molecule has 13 heteroatoms. The number of allylic oxidation sites excluding steroid dienone is 2. The first-order chi connectivity index (χ1) is 25.8. The Kier molecular flexibility index (Phi) is 8.15. The number of ether oxygens (including phenoxy) is 1. The zero-order valence-corrected chi connectivity index (χ0v) is 33.4. The van der Waals surface area contributed by atoms with Crippen LogP contribution in [0.1, 0.15) is 36.8 Å². The molecule has 4 amide bonds. The first-order valence-electron chi connectivity index (χ1n) is 17.6. The first-order valence-corrected chi connectivity index (χ1v) is 19.9. The lowest BCUT2D eigenvalue weighted by molar-refractivity contribution is -0.131. The minimum absolute atomic E-state index is 0.0841. The summed E-state index contributed by atoms with van der Waals surface area (Å²) in [6, 6.07) is 19.7. The number of methoxy groups -OCH3 is 1. The molecule has 0 unspecified atom stereocenters. The maximum atomic E-state index is 15.1. The number of carbonyl (C=O) groups is 4. The molecule has 5 aromatic rings. The van der Waals surface area contributed by atoms with E-state index in [1.54, 1.807) is 60.3 Å². The highest BCUT2D eigenvalue weighted by Gasteiger charge is 2.68. The Morgan fingerprint density at radius 1 is 0.963 bits per heavy atom. The van der Waals surface area contributed by atoms with Crippen molar-refractivity contribution in [1.82, 2.24) is 9.78 Å². The van der Waals surface area contributed by atoms with Crippen molar-refractivity contribution in [1.29, 1.82) is 0 Å². The number of halogens is 2. The van der Waals surface area contributed by atoms with E-state index in [9.17, 15) is 19.5 Å². The van der Waals surface area contributed by atoms with Crippen LogP contribution in [0.2, 0.25) is 5.02 Å². The van der Waals surface area contributed by atoms with Crippen molar-refractivity contribution in [3.63, 3.8) is 0 Å². The molecule has 274 valence electrons. The van der Waals surface area contributed by atoms with Crippen molar-refractivity contribution >= 4 is 90.7 Å². The van der Waals surface area contributed by atoms with Crippen molar-refractivity contribution < 1.29 is 29.0 Å². The van der Waals surface area contributed by atoms with E-state index >= 15 is 4.79 Å². The van der Waals surface area contributed by atoms with Crippen LogP contribution in [0.25, 0.3) is 20.7 Å². The molecule has 2 aliphatic carbocycles. The number of phenolic OH excluding ortho intramolecular Hbond substituents is 1. The number of anilines is 2. The molecular weight excluding hydrogens is 839 g/mol. The Labute approximate surface area is 333 Å². The first kappa shape index (κ1) is 35.2. The zero-order valence-electron chi connectivity index (χ0n) is 29.7. The normalized spacial score (nSPS) is 26.3. The SMILES string of the molecule is COc1ccc([C@H]2C3=CC[C@@H]4C(=O)N(c5ccc(I)cc5)C(=O)[C@@H]4[C@@H]3C[C@H]3C(=O)N(c4cc(-c5sc6ccc(Cl)cc6c5C)nn4C)C(=O)[C@@]23C)c(O)c1. The van der Waals surface area contributed by atoms with Gasteiger partial charge in [0.1, 0.15) is 23.0 Å². The number of fused-ring (bicyclic) bond motifs is 5. The van der Waals surface area contributed by atoms with Gasteiger partial charge in [-0.2, -0.15) is 5.10 Å². The molecule has 10 nitrogen and oxygen atoms in total. The number of aromatic nitrogens is 2. The van der Waals surface area contributed by atoms with Crippen molar-refractivity contribution in [3.8, 4) is 22.1 Å². The van der Waals surface area contributed by atoms with Crippen LogP contribution in [-0.4, -0.2) is 45.6 Å². The van der Waals surface area contributed by atoms with Crippen LogP contribution in [0, 0.1) is 39.6 Å². The van der Waals surface area contributed by atoms with Crippen LogP contribution in [0.3, 0.4) is 0 Å². The number of nitrogens with zero attached hydrogens (tertiary/aromatic N) is 4. The molecule has 2 saturated heterocycles. The molecule has 2 aliphatic heterocycles. The molecule has 54 heavy (non-hydrogen) atoms. The number of rotatable bonds is 5. The molecule has 1 saturated carbocycles. The summed E-state index contributed by atoms with van der Waals surface area (Å²) in [4.78, 5) is 61.8. The van der Waals surface area contributed by atoms with Crippen molar-refractivity contribution in [2.24, 2.45) is 36.1 Å². The lowest BCUT2D eigenvalue weighted by Gasteiger charge is -2.49. The van der Waals surface area contributed by atoms with E-state index in [0.717, 1.165) is 29.7 Å². The second-order valence-corrected chi connectivity index (χ2v) is 17.5. The van der Waals surface area contributed by atoms with Crippen LogP contribution in [-0.2, 0) is 26.2 Å². The van der Waals surface area contributed by atoms with Gasteiger partial charge < -0.3 is 9.84 Å². The average Bonchev–Trinajstić information content (AvgIpc) is 3.82. The van der Waals surface area contributed by atoms with Gasteiger partial charge in [-0.25, -0.2) is 4.90 Å². The smallest absolute Gasteiger partial charge is 0.242 e. The summed E-state index contributed by atoms with van der Waals surface area (Å²) < 4.78 is 8.97. The minimum atomic E-state index is -1.34. The molecule has 4 heterocycles. The molecule has 1 N–H and O–H groups in total. The van der Waals surface area contributed by atoms with Crippen LogP contribution in [0.4, 0.5) is 11.5 Å². The summed E-state index contributed by atoms with van der Waals surface area (Å²) in [5.74, 6) is -4.21. The van der Waals surface area contributed by atoms with Gasteiger partial charge in [-0.15, -0.1) is 11.3 Å². The molecular formula is C41H34ClIN4O6S. The lowest BCUT2D eigenvalue weighted by atomic mass is 9.51. The molecule has 3 aromatic carbocycles. The number of hydrogen-bond donors (Lipinski definition) is 1. The molecule has 0 bridgehead atoms. The molecule has 2 aromatic heterocycles. The molecule has 0 spiro atoms. The number of imide groups is 2. The van der Waals surface area contributed by atoms with E-state index in [4.69, 9.17) is 21.4 Å². The lowest BCUT2D eigenvalue weighted by Crippen LogP contribution is -2.49. The van der Waals surface area contributed by atoms with Gasteiger partial charge in [-0.05, 0) is 115 Å². The third-order valence-electron chi connectivity index (χ3n) is 12.1. The second-order valence-electron chi connectivity index (χ2n) is 14.8. The number of thiophene rings is 1. The highest BCUT2D eigenvalue weighted by molar-refractivity contribution is 14.1. The number of aromatic hydroxyl groups is 1. The van der Waals surface area contributed by atoms with Gasteiger partial charge in [-0.1, -0.05) is 29.3 Å². The average molecular weight is 873 g/mol. The fraction of sp³-hybridized carbons (Fsp3) is 0.293. The minimum Gasteiger partial charge on any atom is -0.508 e. The maximum Gasteiger partial charge on any atom is 0.242 e. The summed E-state index contributed by atoms with van der Waals surface area (Å²) in [5, 5.41) is 18.0. The number of hydrogen-bond acceptors (Lipinski definition) is 8. The molecule has 4 aliphatic rings. The van der Waals surface area contributed by atoms with E-state index in [0.29, 0.717) is 40.0 Å². The standard InChI is InChI=1S/C41H34ClIN4O6S/c1-19-27-15-20(42)5-14-32(27)54-36(19)30-18-33(45(3)44-30)47-38(50)29-17-28-24(35(41(29,2)40(47)52)25-11-10-23(53-4)16-31(25)48)12-13-26-34(28)39(51)46(37(26)49)22-8-6-21(43)7-9-22/h5-12,14-16,18,26,28-29,34-35,48H,13,17H2,1-4H3/t26-,28+,29-,34-,35+,41+/m0/s1. The van der Waals surface area contributed by atoms with E-state index in [1.807, 2.05) is 43.3 Å². The Morgan fingerprint density at radius 3 is 2.44 bits per heavy atom. The fourth-order valence-electron chi connectivity index (χ4n) is 9.53. The third-order valence-corrected chi connectivity index (χ3v) is 14.4. The molecule has 3 fully saturated rings. The van der Waals surface area contributed by atoms with Gasteiger partial charge in [-0.3, -0.25) is 28.8 Å². The highest BCUT2D eigenvalue weighted by atomic mass is 127. The Morgan fingerprint density at radius 2 is 1.72 bits per heavy atom. The van der Waals surface area contributed by atoms with Crippen LogP contribution in [0.5, 0.6) is 11.5 Å². The van der Waals surface area contributed by atoms with E-state index in [2.05, 4.69) is 22.6 Å². The summed E-state index contributed by atoms with van der Waals surface area (Å²) in [7, 11) is 3.22. The van der Waals surface area contributed by atoms with Gasteiger partial charge in [0.25, 0.3) is 0 Å². The number of benzene rings is 3. The van der Waals surface area contributed by atoms with E-state index < -0.39 is 46.8 Å². The van der Waals surface area contributed by atoms with Crippen molar-refractivity contribution in [2.75, 3.05) is 16.9 Å². The number of carbonyl (C=O) groups excluding carboxylic acids is 4. The maximum absolute atomic E-state index is 15.1. The molecule has 6 atom stereocenters. The zero-order chi connectivity index (χ0) is 38.0. The summed E-state index contributed by atoms with van der Waals surface area (Å²) in [5.41, 5.74) is 2.03. The highest BCUT2D eigenvalue weighted by Crippen LogP contribution is 2.64. The van der Waals surface area contributed by atoms with Crippen molar-refractivity contribution in [2.45, 2.75) is 32.6 Å². The predicted molar refractivity (Wildman–Crippen MR) is 215 cm³/mol. The van der Waals surface area contributed by atoms with E-state index in [-0.39, 0.29) is 24.0 Å². The largest absolute Gasteiger partial charge is 0.508 e.